The minimum absolute atomic E-state index is 0.888. The lowest BCUT2D eigenvalue weighted by molar-refractivity contribution is 0.415. The summed E-state index contributed by atoms with van der Waals surface area (Å²) in [7, 11) is 1.68. The van der Waals surface area contributed by atoms with Crippen molar-refractivity contribution in [3.8, 4) is 5.75 Å². The van der Waals surface area contributed by atoms with E-state index < -0.39 is 0 Å². The molecule has 1 nitrogen and oxygen atoms in total. The first-order chi connectivity index (χ1) is 8.29. The molecule has 0 N–H and O–H groups in total. The molecule has 0 aliphatic carbocycles. The van der Waals surface area contributed by atoms with Crippen molar-refractivity contribution in [1.29, 1.82) is 0 Å². The van der Waals surface area contributed by atoms with Gasteiger partial charge in [0.25, 0.3) is 0 Å². The molecule has 0 heterocycles. The van der Waals surface area contributed by atoms with Gasteiger partial charge in [0, 0.05) is 0 Å². The van der Waals surface area contributed by atoms with Gasteiger partial charge in [0.2, 0.25) is 0 Å². The van der Waals surface area contributed by atoms with Crippen molar-refractivity contribution in [1.82, 2.24) is 0 Å². The fraction of sp³-hybridized carbons (Fsp3) is 0.125. The minimum Gasteiger partial charge on any atom is -0.497 e. The molecule has 17 heavy (non-hydrogen) atoms. The van der Waals surface area contributed by atoms with Crippen molar-refractivity contribution in [2.24, 2.45) is 0 Å². The Kier molecular flexibility index (Phi) is 3.61. The van der Waals surface area contributed by atoms with Gasteiger partial charge in [-0.05, 0) is 35.8 Å². The highest BCUT2D eigenvalue weighted by Gasteiger charge is 1.95. The normalized spacial score (nSPS) is 11.3. The smallest absolute Gasteiger partial charge is 0.118 e. The van der Waals surface area contributed by atoms with Gasteiger partial charge in [-0.1, -0.05) is 48.5 Å². The molecule has 0 fully saturated rings. The molecule has 0 aliphatic heterocycles. The quantitative estimate of drug-likeness (QED) is 0.708. The molecular weight excluding hydrogens is 208 g/mol. The summed E-state index contributed by atoms with van der Waals surface area (Å²) in [6, 6.07) is 18.5. The molecule has 0 atom stereocenters. The molecule has 0 bridgehead atoms. The van der Waals surface area contributed by atoms with E-state index in [1.54, 1.807) is 7.11 Å². The first kappa shape index (κ1) is 11.5. The minimum atomic E-state index is 0.888. The van der Waals surface area contributed by atoms with Gasteiger partial charge in [-0.2, -0.15) is 0 Å². The zero-order valence-electron chi connectivity index (χ0n) is 10.2. The number of benzene rings is 2. The third-order valence-electron chi connectivity index (χ3n) is 2.73. The van der Waals surface area contributed by atoms with Crippen LogP contribution in [0.4, 0.5) is 0 Å². The SMILES string of the molecule is COc1ccc(C=C(C)c2ccccc2)cc1. The van der Waals surface area contributed by atoms with E-state index in [9.17, 15) is 0 Å². The first-order valence-electron chi connectivity index (χ1n) is 5.67. The molecule has 0 saturated carbocycles. The van der Waals surface area contributed by atoms with E-state index in [0.717, 1.165) is 5.75 Å². The first-order valence-corrected chi connectivity index (χ1v) is 5.67. The Labute approximate surface area is 102 Å². The molecule has 0 spiro atoms. The molecule has 0 aliphatic rings. The molecule has 0 amide bonds. The number of methoxy groups -OCH3 is 1. The second-order valence-corrected chi connectivity index (χ2v) is 3.97. The molecule has 2 rings (SSSR count). The van der Waals surface area contributed by atoms with Crippen molar-refractivity contribution >= 4 is 11.6 Å². The summed E-state index contributed by atoms with van der Waals surface area (Å²) >= 11 is 0. The van der Waals surface area contributed by atoms with Crippen LogP contribution in [-0.2, 0) is 0 Å². The van der Waals surface area contributed by atoms with Crippen molar-refractivity contribution in [3.63, 3.8) is 0 Å². The van der Waals surface area contributed by atoms with E-state index in [0.29, 0.717) is 0 Å². The molecular formula is C16H16O. The Balaban J connectivity index is 2.23. The van der Waals surface area contributed by atoms with Gasteiger partial charge in [-0.3, -0.25) is 0 Å². The van der Waals surface area contributed by atoms with Gasteiger partial charge in [-0.25, -0.2) is 0 Å². The fourth-order valence-electron chi connectivity index (χ4n) is 1.73. The highest BCUT2D eigenvalue weighted by atomic mass is 16.5. The predicted octanol–water partition coefficient (Wildman–Crippen LogP) is 4.26. The van der Waals surface area contributed by atoms with Crippen LogP contribution in [0.2, 0.25) is 0 Å². The zero-order valence-corrected chi connectivity index (χ0v) is 10.2. The van der Waals surface area contributed by atoms with Crippen LogP contribution in [0.15, 0.2) is 54.6 Å². The summed E-state index contributed by atoms with van der Waals surface area (Å²) in [6.45, 7) is 2.12. The summed E-state index contributed by atoms with van der Waals surface area (Å²) in [6.07, 6.45) is 2.18. The Hall–Kier alpha value is -2.02. The van der Waals surface area contributed by atoms with E-state index in [1.807, 2.05) is 18.2 Å². The summed E-state index contributed by atoms with van der Waals surface area (Å²) in [4.78, 5) is 0. The Morgan fingerprint density at radius 2 is 1.59 bits per heavy atom. The van der Waals surface area contributed by atoms with E-state index >= 15 is 0 Å². The summed E-state index contributed by atoms with van der Waals surface area (Å²) in [5.74, 6) is 0.888. The van der Waals surface area contributed by atoms with Crippen LogP contribution in [0.3, 0.4) is 0 Å². The van der Waals surface area contributed by atoms with Gasteiger partial charge < -0.3 is 4.74 Å². The van der Waals surface area contributed by atoms with Gasteiger partial charge in [-0.15, -0.1) is 0 Å². The standard InChI is InChI=1S/C16H16O/c1-13(15-6-4-3-5-7-15)12-14-8-10-16(17-2)11-9-14/h3-12H,1-2H3. The van der Waals surface area contributed by atoms with E-state index in [-0.39, 0.29) is 0 Å². The molecule has 1 heteroatoms. The molecule has 86 valence electrons. The fourth-order valence-corrected chi connectivity index (χ4v) is 1.73. The maximum atomic E-state index is 5.14. The zero-order chi connectivity index (χ0) is 12.1. The molecule has 0 aromatic heterocycles. The van der Waals surface area contributed by atoms with Crippen LogP contribution in [0.1, 0.15) is 18.1 Å². The Morgan fingerprint density at radius 1 is 0.941 bits per heavy atom. The summed E-state index contributed by atoms with van der Waals surface area (Å²) < 4.78 is 5.14. The van der Waals surface area contributed by atoms with Crippen molar-refractivity contribution in [3.05, 3.63) is 65.7 Å². The number of hydrogen-bond acceptors (Lipinski definition) is 1. The average Bonchev–Trinajstić information content (AvgIpc) is 2.40. The van der Waals surface area contributed by atoms with Crippen molar-refractivity contribution in [2.45, 2.75) is 6.92 Å². The number of hydrogen-bond donors (Lipinski definition) is 0. The van der Waals surface area contributed by atoms with Crippen LogP contribution in [0, 0.1) is 0 Å². The number of allylic oxidation sites excluding steroid dienone is 1. The van der Waals surface area contributed by atoms with Crippen molar-refractivity contribution < 1.29 is 4.74 Å². The van der Waals surface area contributed by atoms with Crippen LogP contribution in [0.5, 0.6) is 5.75 Å². The van der Waals surface area contributed by atoms with E-state index in [4.69, 9.17) is 4.74 Å². The monoisotopic (exact) mass is 224 g/mol. The van der Waals surface area contributed by atoms with Crippen LogP contribution in [-0.4, -0.2) is 7.11 Å². The van der Waals surface area contributed by atoms with Crippen LogP contribution >= 0.6 is 0 Å². The molecule has 2 aromatic carbocycles. The van der Waals surface area contributed by atoms with Crippen molar-refractivity contribution in [2.75, 3.05) is 7.11 Å². The number of rotatable bonds is 3. The molecule has 2 aromatic rings. The summed E-state index contributed by atoms with van der Waals surface area (Å²) in [5.41, 5.74) is 3.70. The second kappa shape index (κ2) is 5.35. The Bertz CT molecular complexity index is 495. The predicted molar refractivity (Wildman–Crippen MR) is 73.0 cm³/mol. The third kappa shape index (κ3) is 2.97. The highest BCUT2D eigenvalue weighted by Crippen LogP contribution is 2.19. The summed E-state index contributed by atoms with van der Waals surface area (Å²) in [5, 5.41) is 0. The van der Waals surface area contributed by atoms with E-state index in [1.165, 1.54) is 16.7 Å². The molecule has 0 radical (unpaired) electrons. The maximum Gasteiger partial charge on any atom is 0.118 e. The molecule has 0 unspecified atom stereocenters. The van der Waals surface area contributed by atoms with Gasteiger partial charge in [0.05, 0.1) is 7.11 Å². The van der Waals surface area contributed by atoms with Crippen LogP contribution < -0.4 is 4.74 Å². The largest absolute Gasteiger partial charge is 0.497 e. The highest BCUT2D eigenvalue weighted by molar-refractivity contribution is 5.80. The number of ether oxygens (including phenoxy) is 1. The lowest BCUT2D eigenvalue weighted by atomic mass is 10.0. The van der Waals surface area contributed by atoms with Gasteiger partial charge >= 0.3 is 0 Å². The maximum absolute atomic E-state index is 5.14. The second-order valence-electron chi connectivity index (χ2n) is 3.97. The average molecular weight is 224 g/mol. The lowest BCUT2D eigenvalue weighted by Gasteiger charge is -2.03. The van der Waals surface area contributed by atoms with Gasteiger partial charge in [0.15, 0.2) is 0 Å². The van der Waals surface area contributed by atoms with Gasteiger partial charge in [0.1, 0.15) is 5.75 Å². The Morgan fingerprint density at radius 3 is 2.18 bits per heavy atom. The van der Waals surface area contributed by atoms with Crippen LogP contribution in [0.25, 0.3) is 11.6 Å². The third-order valence-corrected chi connectivity index (χ3v) is 2.73. The lowest BCUT2D eigenvalue weighted by Crippen LogP contribution is -1.82. The van der Waals surface area contributed by atoms with E-state index in [2.05, 4.69) is 49.4 Å². The topological polar surface area (TPSA) is 9.23 Å². The molecule has 0 saturated heterocycles.